The van der Waals surface area contributed by atoms with Gasteiger partial charge in [-0.1, -0.05) is 11.6 Å². The molecule has 1 rings (SSSR count). The number of carbonyl (C=O) groups is 1. The fourth-order valence-corrected chi connectivity index (χ4v) is 1.65. The lowest BCUT2D eigenvalue weighted by atomic mass is 10.2. The maximum Gasteiger partial charge on any atom is 0.222 e. The molecule has 0 saturated carbocycles. The van der Waals surface area contributed by atoms with Gasteiger partial charge < -0.3 is 10.6 Å². The summed E-state index contributed by atoms with van der Waals surface area (Å²) < 4.78 is 13.4. The molecule has 0 aliphatic rings. The molecular weight excluding hydrogens is 243 g/mol. The second kappa shape index (κ2) is 6.57. The van der Waals surface area contributed by atoms with Gasteiger partial charge in [0.2, 0.25) is 5.91 Å². The van der Waals surface area contributed by atoms with Gasteiger partial charge in [-0.05, 0) is 31.2 Å². The number of nitrogens with two attached hydrogens (primary N) is 1. The Morgan fingerprint density at radius 2 is 2.24 bits per heavy atom. The van der Waals surface area contributed by atoms with Crippen LogP contribution >= 0.6 is 11.6 Å². The SMILES string of the molecule is CN(Cc1cc(Cl)ccc1F)C(=O)CCCN. The first-order valence-electron chi connectivity index (χ1n) is 5.42. The Kier molecular flexibility index (Phi) is 5.38. The highest BCUT2D eigenvalue weighted by Crippen LogP contribution is 2.16. The third-order valence-corrected chi connectivity index (χ3v) is 2.67. The van der Waals surface area contributed by atoms with Gasteiger partial charge in [0.25, 0.3) is 0 Å². The molecule has 5 heteroatoms. The van der Waals surface area contributed by atoms with Crippen LogP contribution < -0.4 is 5.73 Å². The van der Waals surface area contributed by atoms with Crippen LogP contribution in [0.1, 0.15) is 18.4 Å². The Morgan fingerprint density at radius 1 is 1.53 bits per heavy atom. The predicted octanol–water partition coefficient (Wildman–Crippen LogP) is 2.18. The molecule has 94 valence electrons. The zero-order chi connectivity index (χ0) is 12.8. The summed E-state index contributed by atoms with van der Waals surface area (Å²) >= 11 is 5.78. The third-order valence-electron chi connectivity index (χ3n) is 2.44. The Labute approximate surface area is 105 Å². The summed E-state index contributed by atoms with van der Waals surface area (Å²) in [4.78, 5) is 13.1. The number of amides is 1. The number of halogens is 2. The summed E-state index contributed by atoms with van der Waals surface area (Å²) in [7, 11) is 1.64. The van der Waals surface area contributed by atoms with Gasteiger partial charge in [-0.2, -0.15) is 0 Å². The van der Waals surface area contributed by atoms with E-state index in [9.17, 15) is 9.18 Å². The van der Waals surface area contributed by atoms with Crippen molar-refractivity contribution in [2.45, 2.75) is 19.4 Å². The van der Waals surface area contributed by atoms with E-state index in [1.54, 1.807) is 7.05 Å². The average molecular weight is 259 g/mol. The van der Waals surface area contributed by atoms with E-state index in [4.69, 9.17) is 17.3 Å². The molecule has 2 N–H and O–H groups in total. The van der Waals surface area contributed by atoms with E-state index >= 15 is 0 Å². The van der Waals surface area contributed by atoms with E-state index in [-0.39, 0.29) is 18.3 Å². The summed E-state index contributed by atoms with van der Waals surface area (Å²) in [5.41, 5.74) is 5.74. The molecule has 3 nitrogen and oxygen atoms in total. The first kappa shape index (κ1) is 13.9. The molecule has 0 bridgehead atoms. The van der Waals surface area contributed by atoms with Gasteiger partial charge in [-0.15, -0.1) is 0 Å². The van der Waals surface area contributed by atoms with Crippen molar-refractivity contribution >= 4 is 17.5 Å². The summed E-state index contributed by atoms with van der Waals surface area (Å²) in [5.74, 6) is -0.400. The van der Waals surface area contributed by atoms with E-state index in [0.29, 0.717) is 30.0 Å². The third kappa shape index (κ3) is 4.32. The van der Waals surface area contributed by atoms with Crippen molar-refractivity contribution in [3.8, 4) is 0 Å². The molecule has 0 aromatic heterocycles. The van der Waals surface area contributed by atoms with Gasteiger partial charge in [-0.25, -0.2) is 4.39 Å². The minimum atomic E-state index is -0.354. The van der Waals surface area contributed by atoms with Crippen molar-refractivity contribution in [1.82, 2.24) is 4.90 Å². The molecule has 0 saturated heterocycles. The molecule has 0 aliphatic heterocycles. The minimum absolute atomic E-state index is 0.0465. The van der Waals surface area contributed by atoms with E-state index < -0.39 is 0 Å². The molecule has 0 fully saturated rings. The Hall–Kier alpha value is -1.13. The molecule has 0 radical (unpaired) electrons. The first-order valence-corrected chi connectivity index (χ1v) is 5.80. The number of rotatable bonds is 5. The summed E-state index contributed by atoms with van der Waals surface area (Å²) in [6.07, 6.45) is 1.02. The average Bonchev–Trinajstić information content (AvgIpc) is 2.30. The molecule has 1 aromatic carbocycles. The summed E-state index contributed by atoms with van der Waals surface area (Å²) in [5, 5.41) is 0.462. The zero-order valence-electron chi connectivity index (χ0n) is 9.75. The molecule has 1 aromatic rings. The Bertz CT molecular complexity index is 398. The van der Waals surface area contributed by atoms with Gasteiger partial charge in [0.1, 0.15) is 5.82 Å². The fourth-order valence-electron chi connectivity index (χ4n) is 1.45. The zero-order valence-corrected chi connectivity index (χ0v) is 10.5. The van der Waals surface area contributed by atoms with Crippen molar-refractivity contribution in [1.29, 1.82) is 0 Å². The smallest absolute Gasteiger partial charge is 0.222 e. The van der Waals surface area contributed by atoms with Crippen molar-refractivity contribution in [3.05, 3.63) is 34.6 Å². The molecule has 0 atom stereocenters. The molecule has 0 aliphatic carbocycles. The van der Waals surface area contributed by atoms with E-state index in [2.05, 4.69) is 0 Å². The van der Waals surface area contributed by atoms with Crippen molar-refractivity contribution < 1.29 is 9.18 Å². The number of nitrogens with zero attached hydrogens (tertiary/aromatic N) is 1. The van der Waals surface area contributed by atoms with Crippen LogP contribution in [0.15, 0.2) is 18.2 Å². The molecule has 17 heavy (non-hydrogen) atoms. The highest BCUT2D eigenvalue weighted by Gasteiger charge is 2.11. The van der Waals surface area contributed by atoms with Gasteiger partial charge >= 0.3 is 0 Å². The maximum atomic E-state index is 13.4. The lowest BCUT2D eigenvalue weighted by molar-refractivity contribution is -0.130. The van der Waals surface area contributed by atoms with E-state index in [1.807, 2.05) is 0 Å². The molecule has 0 unspecified atom stereocenters. The number of hydrogen-bond donors (Lipinski definition) is 1. The lowest BCUT2D eigenvalue weighted by Crippen LogP contribution is -2.26. The first-order chi connectivity index (χ1) is 8.04. The predicted molar refractivity (Wildman–Crippen MR) is 66.2 cm³/mol. The van der Waals surface area contributed by atoms with Crippen LogP contribution in [-0.4, -0.2) is 24.4 Å². The van der Waals surface area contributed by atoms with Crippen LogP contribution in [0, 0.1) is 5.82 Å². The van der Waals surface area contributed by atoms with Crippen molar-refractivity contribution in [2.24, 2.45) is 5.73 Å². The highest BCUT2D eigenvalue weighted by molar-refractivity contribution is 6.30. The van der Waals surface area contributed by atoms with Crippen LogP contribution in [0.4, 0.5) is 4.39 Å². The maximum absolute atomic E-state index is 13.4. The van der Waals surface area contributed by atoms with Crippen molar-refractivity contribution in [3.63, 3.8) is 0 Å². The molecule has 0 heterocycles. The monoisotopic (exact) mass is 258 g/mol. The van der Waals surface area contributed by atoms with E-state index in [1.165, 1.54) is 23.1 Å². The van der Waals surface area contributed by atoms with Crippen molar-refractivity contribution in [2.75, 3.05) is 13.6 Å². The van der Waals surface area contributed by atoms with Crippen LogP contribution in [0.2, 0.25) is 5.02 Å². The topological polar surface area (TPSA) is 46.3 Å². The Balaban J connectivity index is 2.64. The summed E-state index contributed by atoms with van der Waals surface area (Å²) in [6, 6.07) is 4.32. The molecular formula is C12H16ClFN2O. The lowest BCUT2D eigenvalue weighted by Gasteiger charge is -2.17. The minimum Gasteiger partial charge on any atom is -0.341 e. The van der Waals surface area contributed by atoms with Crippen LogP contribution in [-0.2, 0) is 11.3 Å². The molecule has 0 spiro atoms. The normalized spacial score (nSPS) is 10.4. The highest BCUT2D eigenvalue weighted by atomic mass is 35.5. The van der Waals surface area contributed by atoms with Gasteiger partial charge in [0.15, 0.2) is 0 Å². The second-order valence-corrected chi connectivity index (χ2v) is 4.31. The Morgan fingerprint density at radius 3 is 2.88 bits per heavy atom. The summed E-state index contributed by atoms with van der Waals surface area (Å²) in [6.45, 7) is 0.695. The van der Waals surface area contributed by atoms with E-state index in [0.717, 1.165) is 0 Å². The van der Waals surface area contributed by atoms with Gasteiger partial charge in [-0.3, -0.25) is 4.79 Å². The van der Waals surface area contributed by atoms with Gasteiger partial charge in [0.05, 0.1) is 0 Å². The quantitative estimate of drug-likeness (QED) is 0.880. The second-order valence-electron chi connectivity index (χ2n) is 3.88. The fraction of sp³-hybridized carbons (Fsp3) is 0.417. The number of hydrogen-bond acceptors (Lipinski definition) is 2. The largest absolute Gasteiger partial charge is 0.341 e. The number of benzene rings is 1. The van der Waals surface area contributed by atoms with Crippen LogP contribution in [0.3, 0.4) is 0 Å². The van der Waals surface area contributed by atoms with Crippen LogP contribution in [0.25, 0.3) is 0 Å². The van der Waals surface area contributed by atoms with Gasteiger partial charge in [0, 0.05) is 30.6 Å². The standard InChI is InChI=1S/C12H16ClFN2O/c1-16(12(17)3-2-6-15)8-9-7-10(13)4-5-11(9)14/h4-5,7H,2-3,6,8,15H2,1H3. The number of carbonyl (C=O) groups excluding carboxylic acids is 1. The van der Waals surface area contributed by atoms with Crippen LogP contribution in [0.5, 0.6) is 0 Å². The molecule has 1 amide bonds.